The highest BCUT2D eigenvalue weighted by molar-refractivity contribution is 5.85. The topological polar surface area (TPSA) is 68.4 Å². The van der Waals surface area contributed by atoms with Gasteiger partial charge < -0.3 is 10.4 Å². The number of rotatable bonds is 3. The fraction of sp³-hybridized carbons (Fsp3) is 0.579. The second-order valence-corrected chi connectivity index (χ2v) is 7.79. The Kier molecular flexibility index (Phi) is 3.80. The maximum absolute atomic E-state index is 13.9. The molecule has 0 aliphatic heterocycles. The van der Waals surface area contributed by atoms with Crippen LogP contribution in [0.25, 0.3) is 0 Å². The zero-order valence-corrected chi connectivity index (χ0v) is 13.6. The van der Waals surface area contributed by atoms with E-state index in [9.17, 15) is 9.50 Å². The molecule has 2 N–H and O–H groups in total. The van der Waals surface area contributed by atoms with Gasteiger partial charge in [0.15, 0.2) is 0 Å². The maximum atomic E-state index is 13.9. The molecule has 2 unspecified atom stereocenters. The van der Waals surface area contributed by atoms with E-state index in [1.165, 1.54) is 6.07 Å². The first-order valence-electron chi connectivity index (χ1n) is 8.74. The average molecular weight is 327 g/mol. The molecule has 0 saturated heterocycles. The molecule has 24 heavy (non-hydrogen) atoms. The summed E-state index contributed by atoms with van der Waals surface area (Å²) in [5.74, 6) is 1.74. The summed E-state index contributed by atoms with van der Waals surface area (Å²) in [5, 5.41) is 23.1. The van der Waals surface area contributed by atoms with Gasteiger partial charge in [0, 0.05) is 12.5 Å². The highest BCUT2D eigenvalue weighted by Gasteiger charge is 2.54. The van der Waals surface area contributed by atoms with Crippen molar-refractivity contribution < 1.29 is 9.50 Å². The van der Waals surface area contributed by atoms with E-state index in [2.05, 4.69) is 10.3 Å². The van der Waals surface area contributed by atoms with Gasteiger partial charge in [0.05, 0.1) is 5.60 Å². The Morgan fingerprint density at radius 2 is 2.00 bits per heavy atom. The molecule has 4 fully saturated rings. The molecule has 4 saturated carbocycles. The summed E-state index contributed by atoms with van der Waals surface area (Å²) < 4.78 is 13.9. The molecule has 4 aliphatic carbocycles. The van der Waals surface area contributed by atoms with E-state index in [0.717, 1.165) is 32.1 Å². The first-order valence-corrected chi connectivity index (χ1v) is 8.74. The lowest BCUT2D eigenvalue weighted by molar-refractivity contribution is -0.136. The van der Waals surface area contributed by atoms with E-state index < -0.39 is 5.60 Å². The van der Waals surface area contributed by atoms with Crippen molar-refractivity contribution in [3.05, 3.63) is 35.6 Å². The molecule has 2 atom stereocenters. The summed E-state index contributed by atoms with van der Waals surface area (Å²) in [5.41, 5.74) is 0.0636. The summed E-state index contributed by atoms with van der Waals surface area (Å²) in [6, 6.07) is 6.84. The van der Waals surface area contributed by atoms with Gasteiger partial charge in [-0.05, 0) is 61.5 Å². The van der Waals surface area contributed by atoms with Crippen molar-refractivity contribution in [3.8, 4) is 6.19 Å². The van der Waals surface area contributed by atoms with Crippen LogP contribution >= 0.6 is 0 Å². The van der Waals surface area contributed by atoms with Crippen LogP contribution in [0.15, 0.2) is 29.3 Å². The average Bonchev–Trinajstić information content (AvgIpc) is 2.51. The molecule has 1 aromatic carbocycles. The summed E-state index contributed by atoms with van der Waals surface area (Å²) >= 11 is 0. The highest BCUT2D eigenvalue weighted by Crippen LogP contribution is 2.55. The molecule has 126 valence electrons. The number of nitrogens with zero attached hydrogens (tertiary/aromatic N) is 2. The number of nitrogens with one attached hydrogen (secondary N) is 1. The third-order valence-corrected chi connectivity index (χ3v) is 6.07. The van der Waals surface area contributed by atoms with E-state index >= 15 is 0 Å². The summed E-state index contributed by atoms with van der Waals surface area (Å²) in [4.78, 5) is 3.91. The molecule has 5 rings (SSSR count). The van der Waals surface area contributed by atoms with Crippen LogP contribution in [0.5, 0.6) is 0 Å². The predicted molar refractivity (Wildman–Crippen MR) is 88.6 cm³/mol. The van der Waals surface area contributed by atoms with E-state index in [1.54, 1.807) is 18.2 Å². The Hall–Kier alpha value is -1.93. The van der Waals surface area contributed by atoms with Gasteiger partial charge in [-0.3, -0.25) is 0 Å². The zero-order valence-electron chi connectivity index (χ0n) is 13.6. The van der Waals surface area contributed by atoms with Crippen LogP contribution < -0.4 is 5.32 Å². The van der Waals surface area contributed by atoms with Gasteiger partial charge >= 0.3 is 0 Å². The fourth-order valence-corrected chi connectivity index (χ4v) is 5.41. The Morgan fingerprint density at radius 1 is 1.29 bits per heavy atom. The second kappa shape index (κ2) is 5.86. The lowest BCUT2D eigenvalue weighted by atomic mass is 9.52. The number of benzene rings is 1. The largest absolute Gasteiger partial charge is 0.390 e. The zero-order chi connectivity index (χ0) is 16.7. The number of hydrogen-bond donors (Lipinski definition) is 2. The number of hydrogen-bond acceptors (Lipinski definition) is 3. The molecule has 4 bridgehead atoms. The molecule has 0 heterocycles. The Bertz CT molecular complexity index is 695. The SMILES string of the molecule is N#C/N=C(\Cc1ccccc1F)NC1C2CC3CC1CC(O)(C3)C2. The van der Waals surface area contributed by atoms with Crippen LogP contribution in [0.4, 0.5) is 4.39 Å². The van der Waals surface area contributed by atoms with Gasteiger partial charge in [-0.1, -0.05) is 18.2 Å². The normalized spacial score (nSPS) is 37.3. The Labute approximate surface area is 141 Å². The lowest BCUT2D eigenvalue weighted by Gasteiger charge is -2.58. The van der Waals surface area contributed by atoms with Gasteiger partial charge in [-0.25, -0.2) is 4.39 Å². The van der Waals surface area contributed by atoms with E-state index in [1.807, 2.05) is 6.19 Å². The van der Waals surface area contributed by atoms with Crippen molar-refractivity contribution in [1.29, 1.82) is 5.26 Å². The molecule has 0 spiro atoms. The predicted octanol–water partition coefficient (Wildman–Crippen LogP) is 2.78. The number of nitriles is 1. The third kappa shape index (κ3) is 2.80. The van der Waals surface area contributed by atoms with Crippen LogP contribution in [0.2, 0.25) is 0 Å². The number of amidine groups is 1. The smallest absolute Gasteiger partial charge is 0.207 e. The van der Waals surface area contributed by atoms with Crippen LogP contribution in [0.1, 0.15) is 37.7 Å². The molecule has 0 radical (unpaired) electrons. The highest BCUT2D eigenvalue weighted by atomic mass is 19.1. The van der Waals surface area contributed by atoms with Crippen LogP contribution in [0, 0.1) is 35.0 Å². The first kappa shape index (κ1) is 15.6. The monoisotopic (exact) mass is 327 g/mol. The third-order valence-electron chi connectivity index (χ3n) is 6.07. The fourth-order valence-electron chi connectivity index (χ4n) is 5.41. The quantitative estimate of drug-likeness (QED) is 0.509. The molecule has 4 nitrogen and oxygen atoms in total. The summed E-state index contributed by atoms with van der Waals surface area (Å²) in [6.45, 7) is 0. The van der Waals surface area contributed by atoms with Crippen molar-refractivity contribution in [2.45, 2.75) is 50.2 Å². The van der Waals surface area contributed by atoms with Crippen molar-refractivity contribution >= 4 is 5.84 Å². The van der Waals surface area contributed by atoms with Crippen molar-refractivity contribution in [1.82, 2.24) is 5.32 Å². The number of halogens is 1. The molecular formula is C19H22FN3O. The minimum absolute atomic E-state index is 0.237. The van der Waals surface area contributed by atoms with Gasteiger partial charge in [-0.2, -0.15) is 10.3 Å². The molecule has 0 amide bonds. The van der Waals surface area contributed by atoms with Crippen LogP contribution in [0.3, 0.4) is 0 Å². The number of aliphatic hydroxyl groups is 1. The second-order valence-electron chi connectivity index (χ2n) is 7.79. The Morgan fingerprint density at radius 3 is 2.62 bits per heavy atom. The van der Waals surface area contributed by atoms with E-state index in [4.69, 9.17) is 5.26 Å². The van der Waals surface area contributed by atoms with Gasteiger partial charge in [0.2, 0.25) is 6.19 Å². The molecule has 0 aromatic heterocycles. The standard InChI is InChI=1S/C19H22FN3O/c20-16-4-2-1-3-13(16)7-17(22-11-21)23-18-14-5-12-6-15(18)10-19(24,8-12)9-14/h1-4,12,14-15,18,24H,5-10H2,(H,22,23). The van der Waals surface area contributed by atoms with Crippen molar-refractivity contribution in [3.63, 3.8) is 0 Å². The van der Waals surface area contributed by atoms with E-state index in [0.29, 0.717) is 35.6 Å². The molecule has 4 aliphatic rings. The van der Waals surface area contributed by atoms with Gasteiger partial charge in [-0.15, -0.1) is 0 Å². The minimum Gasteiger partial charge on any atom is -0.390 e. The van der Waals surface area contributed by atoms with E-state index in [-0.39, 0.29) is 11.9 Å². The molecule has 1 aromatic rings. The minimum atomic E-state index is -0.479. The summed E-state index contributed by atoms with van der Waals surface area (Å²) in [7, 11) is 0. The van der Waals surface area contributed by atoms with Crippen LogP contribution in [-0.2, 0) is 6.42 Å². The van der Waals surface area contributed by atoms with Crippen molar-refractivity contribution in [2.24, 2.45) is 22.7 Å². The Balaban J connectivity index is 1.51. The first-order chi connectivity index (χ1) is 11.6. The molecule has 5 heteroatoms. The van der Waals surface area contributed by atoms with Gasteiger partial charge in [0.1, 0.15) is 11.7 Å². The maximum Gasteiger partial charge on any atom is 0.207 e. The van der Waals surface area contributed by atoms with Crippen LogP contribution in [-0.4, -0.2) is 22.6 Å². The van der Waals surface area contributed by atoms with Crippen molar-refractivity contribution in [2.75, 3.05) is 0 Å². The van der Waals surface area contributed by atoms with Gasteiger partial charge in [0.25, 0.3) is 0 Å². The number of aliphatic imine (C=N–C) groups is 1. The summed E-state index contributed by atoms with van der Waals surface area (Å²) in [6.07, 6.45) is 7.01. The lowest BCUT2D eigenvalue weighted by Crippen LogP contribution is -2.61. The molecular weight excluding hydrogens is 305 g/mol.